The standard InChI is InChI=1S/C62H78F3N11O8/c1-39-33-74(54-47(39)29-45(32-66-54)73-26-20-53(77)67-56(73)78)41-17-21-61(22-18-41)23-27-70(28-24-61)34-40-19-25-71(37-62(40,64)65)50-30-42(15-16-48(50)63)75-43-13-14-44(75)36-72(35-43)51-31-49(46-11-9-10-12-52(46)82-38-81-8)68-69-55(51)76(57(79)83-59(2,3)4)58(80)84-60(5,6)7/h9-12,15-16,29-33,40-41,43-44H,13-14,17-28,34-38H2,1-8H3,(H,67,77,78). The molecule has 1 aliphatic carbocycles. The molecule has 3 aromatic heterocycles. The number of carbonyl (C=O) groups excluding carboxylic acids is 4. The first-order valence-electron chi connectivity index (χ1n) is 29.6. The van der Waals surface area contributed by atoms with Crippen molar-refractivity contribution >= 4 is 63.7 Å². The van der Waals surface area contributed by atoms with Gasteiger partial charge in [0, 0.05) is 93.1 Å². The number of alkyl halides is 2. The number of hydrogen-bond donors (Lipinski definition) is 1. The van der Waals surface area contributed by atoms with Gasteiger partial charge in [0.25, 0.3) is 5.92 Å². The maximum Gasteiger partial charge on any atom is 0.425 e. The normalized spacial score (nSPS) is 22.2. The minimum absolute atomic E-state index is 0.0191. The van der Waals surface area contributed by atoms with E-state index in [1.54, 1.807) is 76.9 Å². The third kappa shape index (κ3) is 12.2. The van der Waals surface area contributed by atoms with Gasteiger partial charge in [-0.1, -0.05) is 12.1 Å². The minimum atomic E-state index is -3.05. The van der Waals surface area contributed by atoms with E-state index in [-0.39, 0.29) is 60.6 Å². The smallest absolute Gasteiger partial charge is 0.425 e. The minimum Gasteiger partial charge on any atom is -0.467 e. The number of para-hydroxylation sites is 1. The van der Waals surface area contributed by atoms with Gasteiger partial charge < -0.3 is 43.1 Å². The molecule has 2 bridgehead atoms. The molecule has 5 aromatic rings. The first-order chi connectivity index (χ1) is 39.9. The van der Waals surface area contributed by atoms with Crippen LogP contribution in [0.3, 0.4) is 0 Å². The lowest BCUT2D eigenvalue weighted by Crippen LogP contribution is -2.55. The highest BCUT2D eigenvalue weighted by molar-refractivity contribution is 6.11. The predicted octanol–water partition coefficient (Wildman–Crippen LogP) is 11.3. The number of pyridine rings is 1. The highest BCUT2D eigenvalue weighted by atomic mass is 19.3. The monoisotopic (exact) mass is 1160 g/mol. The molecule has 1 spiro atoms. The SMILES string of the molecule is COCOc1ccccc1-c1cc(N2CC3CCC(C2)N3c2ccc(F)c(N3CCC(CN4CCC5(CCC(n6cc(C)c7cc(N8CCC(=O)NC8=O)cnc76)CC5)CC4)C(F)(F)C3)c2)c(N(C(=O)OC(C)(C)C)C(=O)OC(C)(C)C)nn1. The molecule has 19 nitrogen and oxygen atoms in total. The van der Waals surface area contributed by atoms with Crippen LogP contribution in [-0.2, 0) is 19.0 Å². The molecule has 450 valence electrons. The molecule has 3 unspecified atom stereocenters. The topological polar surface area (TPSA) is 180 Å². The summed E-state index contributed by atoms with van der Waals surface area (Å²) in [7, 11) is 1.52. The number of piperidine rings is 2. The number of aromatic nitrogens is 4. The van der Waals surface area contributed by atoms with Gasteiger partial charge in [0.05, 0.1) is 35.5 Å². The molecule has 3 atom stereocenters. The molecule has 84 heavy (non-hydrogen) atoms. The highest BCUT2D eigenvalue weighted by Crippen LogP contribution is 2.50. The lowest BCUT2D eigenvalue weighted by atomic mass is 9.67. The van der Waals surface area contributed by atoms with E-state index >= 15 is 13.2 Å². The number of methoxy groups -OCH3 is 1. The number of rotatable bonds is 12. The molecular formula is C62H78F3N11O8. The summed E-state index contributed by atoms with van der Waals surface area (Å²) in [5.41, 5.74) is 3.16. The van der Waals surface area contributed by atoms with Crippen LogP contribution in [-0.4, -0.2) is 144 Å². The molecule has 1 saturated carbocycles. The molecule has 0 radical (unpaired) electrons. The zero-order valence-corrected chi connectivity index (χ0v) is 49.5. The fourth-order valence-electron chi connectivity index (χ4n) is 13.6. The molecule has 5 aliphatic heterocycles. The Bertz CT molecular complexity index is 3250. The van der Waals surface area contributed by atoms with Crippen molar-refractivity contribution in [3.63, 3.8) is 0 Å². The molecule has 6 fully saturated rings. The van der Waals surface area contributed by atoms with Crippen molar-refractivity contribution in [3.05, 3.63) is 78.4 Å². The highest BCUT2D eigenvalue weighted by Gasteiger charge is 2.48. The van der Waals surface area contributed by atoms with Crippen molar-refractivity contribution in [2.45, 2.75) is 148 Å². The number of anilines is 5. The number of nitrogens with zero attached hydrogens (tertiary/aromatic N) is 10. The van der Waals surface area contributed by atoms with Gasteiger partial charge >= 0.3 is 18.2 Å². The van der Waals surface area contributed by atoms with Crippen molar-refractivity contribution in [1.29, 1.82) is 0 Å². The zero-order chi connectivity index (χ0) is 59.5. The van der Waals surface area contributed by atoms with Crippen LogP contribution in [0.5, 0.6) is 5.75 Å². The van der Waals surface area contributed by atoms with Crippen LogP contribution in [0.15, 0.2) is 67.0 Å². The largest absolute Gasteiger partial charge is 0.467 e. The Labute approximate surface area is 488 Å². The summed E-state index contributed by atoms with van der Waals surface area (Å²) in [6.07, 6.45) is 9.93. The average molecular weight is 1160 g/mol. The number of nitrogens with one attached hydrogen (secondary N) is 1. The van der Waals surface area contributed by atoms with Crippen LogP contribution in [0.4, 0.5) is 56.1 Å². The van der Waals surface area contributed by atoms with Crippen LogP contribution < -0.4 is 34.6 Å². The Morgan fingerprint density at radius 2 is 1.48 bits per heavy atom. The summed E-state index contributed by atoms with van der Waals surface area (Å²) in [5, 5.41) is 12.5. The van der Waals surface area contributed by atoms with Gasteiger partial charge in [-0.25, -0.2) is 32.5 Å². The number of urea groups is 1. The molecule has 6 aliphatic rings. The van der Waals surface area contributed by atoms with Crippen LogP contribution >= 0.6 is 0 Å². The average Bonchev–Trinajstić information content (AvgIpc) is 2.45. The summed E-state index contributed by atoms with van der Waals surface area (Å²) >= 11 is 0. The first kappa shape index (κ1) is 58.6. The molecule has 22 heteroatoms. The number of carbonyl (C=O) groups is 4. The maximum atomic E-state index is 16.5. The van der Waals surface area contributed by atoms with Crippen molar-refractivity contribution < 1.29 is 51.3 Å². The first-order valence-corrected chi connectivity index (χ1v) is 29.6. The number of halogens is 3. The number of imide groups is 2. The second-order valence-electron chi connectivity index (χ2n) is 25.9. The van der Waals surface area contributed by atoms with E-state index in [1.807, 2.05) is 24.3 Å². The van der Waals surface area contributed by atoms with Crippen molar-refractivity contribution in [2.24, 2.45) is 11.3 Å². The number of likely N-dealkylation sites (tertiary alicyclic amines) is 1. The number of amides is 5. The number of fused-ring (bicyclic) bond motifs is 3. The molecule has 5 saturated heterocycles. The van der Waals surface area contributed by atoms with E-state index in [4.69, 9.17) is 23.9 Å². The number of aryl methyl sites for hydroxylation is 1. The third-order valence-corrected chi connectivity index (χ3v) is 17.8. The third-order valence-electron chi connectivity index (χ3n) is 17.8. The predicted molar refractivity (Wildman–Crippen MR) is 314 cm³/mol. The molecule has 11 rings (SSSR count). The summed E-state index contributed by atoms with van der Waals surface area (Å²) in [4.78, 5) is 67.8. The fourth-order valence-corrected chi connectivity index (χ4v) is 13.6. The zero-order valence-electron chi connectivity index (χ0n) is 49.5. The van der Waals surface area contributed by atoms with Gasteiger partial charge in [0.1, 0.15) is 28.4 Å². The van der Waals surface area contributed by atoms with Crippen molar-refractivity contribution in [2.75, 3.05) is 90.8 Å². The van der Waals surface area contributed by atoms with Gasteiger partial charge in [-0.2, -0.15) is 4.90 Å². The van der Waals surface area contributed by atoms with Crippen LogP contribution in [0.1, 0.15) is 117 Å². The van der Waals surface area contributed by atoms with Crippen LogP contribution in [0.2, 0.25) is 0 Å². The number of benzene rings is 2. The molecule has 5 amide bonds. The molecular weight excluding hydrogens is 1080 g/mol. The Morgan fingerprint density at radius 1 is 0.786 bits per heavy atom. The maximum absolute atomic E-state index is 16.5. The Balaban J connectivity index is 0.746. The van der Waals surface area contributed by atoms with E-state index in [2.05, 4.69) is 47.9 Å². The van der Waals surface area contributed by atoms with Gasteiger partial charge in [-0.3, -0.25) is 15.0 Å². The molecule has 1 N–H and O–H groups in total. The van der Waals surface area contributed by atoms with Crippen LogP contribution in [0, 0.1) is 24.1 Å². The quantitative estimate of drug-likeness (QED) is 0.116. The lowest BCUT2D eigenvalue weighted by molar-refractivity contribution is -0.120. The number of hydrogen-bond acceptors (Lipinski definition) is 15. The van der Waals surface area contributed by atoms with E-state index < -0.39 is 53.6 Å². The summed E-state index contributed by atoms with van der Waals surface area (Å²) in [6.45, 7) is 14.9. The fraction of sp³-hybridized carbons (Fsp3) is 0.565. The van der Waals surface area contributed by atoms with Gasteiger partial charge in [0.15, 0.2) is 12.6 Å². The second-order valence-corrected chi connectivity index (χ2v) is 25.9. The summed E-state index contributed by atoms with van der Waals surface area (Å²) in [6, 6.07) is 15.5. The molecule has 8 heterocycles. The second kappa shape index (κ2) is 23.0. The Morgan fingerprint density at radius 3 is 2.13 bits per heavy atom. The van der Waals surface area contributed by atoms with E-state index in [9.17, 15) is 19.2 Å². The summed E-state index contributed by atoms with van der Waals surface area (Å²) in [5.74, 6) is -4.34. The van der Waals surface area contributed by atoms with Gasteiger partial charge in [-0.05, 0) is 173 Å². The Kier molecular flexibility index (Phi) is 16.0. The van der Waals surface area contributed by atoms with E-state index in [0.29, 0.717) is 61.1 Å². The molecule has 2 aromatic carbocycles. The van der Waals surface area contributed by atoms with Crippen molar-refractivity contribution in [3.8, 4) is 17.0 Å². The van der Waals surface area contributed by atoms with E-state index in [1.165, 1.54) is 18.1 Å². The number of ether oxygens (including phenoxy) is 4. The Hall–Kier alpha value is -7.20. The van der Waals surface area contributed by atoms with Gasteiger partial charge in [0.2, 0.25) is 5.91 Å². The lowest BCUT2D eigenvalue weighted by Gasteiger charge is -2.48. The van der Waals surface area contributed by atoms with E-state index in [0.717, 1.165) is 91.6 Å². The summed E-state index contributed by atoms with van der Waals surface area (Å²) < 4.78 is 74.1. The van der Waals surface area contributed by atoms with Crippen LogP contribution in [0.25, 0.3) is 22.3 Å². The van der Waals surface area contributed by atoms with Crippen molar-refractivity contribution in [1.82, 2.24) is 30.0 Å². The van der Waals surface area contributed by atoms with Gasteiger partial charge in [-0.15, -0.1) is 10.2 Å². The number of piperazine rings is 1.